The number of carbonyl (C=O) groups excluding carboxylic acids is 4. The van der Waals surface area contributed by atoms with Gasteiger partial charge in [-0.15, -0.1) is 0 Å². The van der Waals surface area contributed by atoms with Crippen molar-refractivity contribution in [2.24, 2.45) is 17.8 Å². The number of rotatable bonds is 82. The fourth-order valence-corrected chi connectivity index (χ4v) is 14.5. The summed E-state index contributed by atoms with van der Waals surface area (Å²) in [6.45, 7) is 12.1. The summed E-state index contributed by atoms with van der Waals surface area (Å²) in [5, 5.41) is 10.7. The first kappa shape index (κ1) is 101. The number of carbonyl (C=O) groups is 4. The topological polar surface area (TPSA) is 237 Å². The van der Waals surface area contributed by atoms with E-state index in [0.29, 0.717) is 25.7 Å². The molecule has 8 atom stereocenters. The number of esters is 4. The number of phosphoric ester groups is 2. The predicted molar refractivity (Wildman–Crippen MR) is 423 cm³/mol. The largest absolute Gasteiger partial charge is 0.472 e. The van der Waals surface area contributed by atoms with E-state index in [9.17, 15) is 43.2 Å². The van der Waals surface area contributed by atoms with Gasteiger partial charge in [-0.05, 0) is 43.4 Å². The van der Waals surface area contributed by atoms with Crippen LogP contribution >= 0.6 is 15.6 Å². The zero-order chi connectivity index (χ0) is 75.8. The third-order valence-corrected chi connectivity index (χ3v) is 22.6. The van der Waals surface area contributed by atoms with E-state index in [4.69, 9.17) is 37.0 Å². The summed E-state index contributed by atoms with van der Waals surface area (Å²) in [5.74, 6) is 0.394. The van der Waals surface area contributed by atoms with Gasteiger partial charge in [0.15, 0.2) is 12.2 Å². The van der Waals surface area contributed by atoms with Crippen molar-refractivity contribution in [3.05, 3.63) is 0 Å². The summed E-state index contributed by atoms with van der Waals surface area (Å²) in [4.78, 5) is 73.2. The monoisotopic (exact) mass is 1510 g/mol. The van der Waals surface area contributed by atoms with E-state index >= 15 is 0 Å². The average Bonchev–Trinajstić information content (AvgIpc) is 1.08. The second-order valence-electron chi connectivity index (χ2n) is 30.9. The molecule has 0 spiro atoms. The van der Waals surface area contributed by atoms with Gasteiger partial charge in [-0.3, -0.25) is 37.3 Å². The summed E-state index contributed by atoms with van der Waals surface area (Å²) in [6, 6.07) is 0. The minimum absolute atomic E-state index is 0.107. The first-order valence-electron chi connectivity index (χ1n) is 43.5. The number of ether oxygens (including phenoxy) is 4. The molecule has 0 aromatic carbocycles. The Morgan fingerprint density at radius 3 is 0.689 bits per heavy atom. The molecular formula is C84H164O17P2. The first-order valence-corrected chi connectivity index (χ1v) is 46.5. The summed E-state index contributed by atoms with van der Waals surface area (Å²) < 4.78 is 68.9. The number of hydrogen-bond donors (Lipinski definition) is 3. The molecule has 17 nitrogen and oxygen atoms in total. The number of aliphatic hydroxyl groups excluding tert-OH is 1. The van der Waals surface area contributed by atoms with E-state index in [1.54, 1.807) is 0 Å². The predicted octanol–water partition coefficient (Wildman–Crippen LogP) is 25.3. The van der Waals surface area contributed by atoms with Gasteiger partial charge in [0.25, 0.3) is 0 Å². The van der Waals surface area contributed by atoms with Crippen molar-refractivity contribution in [1.29, 1.82) is 0 Å². The Balaban J connectivity index is 5.28. The number of unbranched alkanes of at least 4 members (excludes halogenated alkanes) is 47. The Hall–Kier alpha value is -1.94. The lowest BCUT2D eigenvalue weighted by Gasteiger charge is -2.21. The maximum atomic E-state index is 13.1. The van der Waals surface area contributed by atoms with Gasteiger partial charge in [0, 0.05) is 25.7 Å². The quantitative estimate of drug-likeness (QED) is 0.0222. The third-order valence-electron chi connectivity index (χ3n) is 20.7. The molecule has 0 heterocycles. The number of phosphoric acid groups is 2. The molecule has 0 aliphatic rings. The highest BCUT2D eigenvalue weighted by atomic mass is 31.2. The zero-order valence-electron chi connectivity index (χ0n) is 67.8. The van der Waals surface area contributed by atoms with Gasteiger partial charge in [0.2, 0.25) is 0 Å². The fraction of sp³-hybridized carbons (Fsp3) is 0.952. The highest BCUT2D eigenvalue weighted by Crippen LogP contribution is 2.45. The normalized spacial score (nSPS) is 14.7. The molecule has 0 amide bonds. The standard InChI is InChI=1S/C84H164O17P2/c1-8-12-13-14-15-16-17-22-29-37-44-51-58-65-81(86)94-72-80(101-84(89)68-61-54-47-40-33-32-36-43-50-57-64-77(7)11-4)74-99-103(92,93)97-70-78(85)69-96-102(90,91)98-73-79(100-83(88)67-60-53-46-39-31-26-21-19-24-28-35-42-49-56-63-76(6)10-3)71-95-82(87)66-59-52-45-38-30-25-20-18-23-27-34-41-48-55-62-75(5)9-2/h75-80,85H,8-74H2,1-7H3,(H,90,91)(H,92,93)/t75?,76?,77?,78-,79-,80-/m1/s1. The van der Waals surface area contributed by atoms with E-state index in [2.05, 4.69) is 48.5 Å². The second kappa shape index (κ2) is 74.2. The SMILES string of the molecule is CCCCCCCCCCCCCCCC(=O)OC[C@H](COP(=O)(O)OC[C@H](O)COP(=O)(O)OC[C@@H](COC(=O)CCCCCCCCCCCCCCCCC(C)CC)OC(=O)CCCCCCCCCCCCCCCCC(C)CC)OC(=O)CCCCCCCCCCCCC(C)CC. The molecular weight excluding hydrogens is 1340 g/mol. The maximum absolute atomic E-state index is 13.1. The Morgan fingerprint density at radius 1 is 0.272 bits per heavy atom. The van der Waals surface area contributed by atoms with Crippen molar-refractivity contribution in [3.8, 4) is 0 Å². The molecule has 0 aromatic rings. The Bertz CT molecular complexity index is 2000. The van der Waals surface area contributed by atoms with Gasteiger partial charge < -0.3 is 33.8 Å². The van der Waals surface area contributed by atoms with Crippen LogP contribution in [-0.4, -0.2) is 96.7 Å². The van der Waals surface area contributed by atoms with Crippen LogP contribution in [0.1, 0.15) is 440 Å². The van der Waals surface area contributed by atoms with Crippen molar-refractivity contribution in [1.82, 2.24) is 0 Å². The summed E-state index contributed by atoms with van der Waals surface area (Å²) in [6.07, 6.45) is 63.5. The van der Waals surface area contributed by atoms with E-state index in [1.165, 1.54) is 250 Å². The lowest BCUT2D eigenvalue weighted by atomic mass is 9.99. The first-order chi connectivity index (χ1) is 49.8. The van der Waals surface area contributed by atoms with Crippen LogP contribution in [0, 0.1) is 17.8 Å². The molecule has 0 saturated carbocycles. The van der Waals surface area contributed by atoms with Crippen molar-refractivity contribution in [3.63, 3.8) is 0 Å². The lowest BCUT2D eigenvalue weighted by molar-refractivity contribution is -0.161. The lowest BCUT2D eigenvalue weighted by Crippen LogP contribution is -2.30. The summed E-state index contributed by atoms with van der Waals surface area (Å²) in [5.41, 5.74) is 0. The molecule has 0 aliphatic carbocycles. The maximum Gasteiger partial charge on any atom is 0.472 e. The van der Waals surface area contributed by atoms with Crippen molar-refractivity contribution >= 4 is 39.5 Å². The van der Waals surface area contributed by atoms with Gasteiger partial charge in [-0.2, -0.15) is 0 Å². The zero-order valence-corrected chi connectivity index (χ0v) is 69.6. The Kier molecular flexibility index (Phi) is 72.8. The molecule has 103 heavy (non-hydrogen) atoms. The summed E-state index contributed by atoms with van der Waals surface area (Å²) in [7, 11) is -9.93. The highest BCUT2D eigenvalue weighted by molar-refractivity contribution is 7.47. The van der Waals surface area contributed by atoms with Crippen LogP contribution in [0.15, 0.2) is 0 Å². The van der Waals surface area contributed by atoms with Gasteiger partial charge in [-0.1, -0.05) is 389 Å². The molecule has 5 unspecified atom stereocenters. The molecule has 0 saturated heterocycles. The molecule has 19 heteroatoms. The fourth-order valence-electron chi connectivity index (χ4n) is 12.9. The number of aliphatic hydroxyl groups is 1. The van der Waals surface area contributed by atoms with E-state index in [-0.39, 0.29) is 25.7 Å². The van der Waals surface area contributed by atoms with Crippen molar-refractivity contribution in [2.75, 3.05) is 39.6 Å². The van der Waals surface area contributed by atoms with Crippen LogP contribution in [0.2, 0.25) is 0 Å². The smallest absolute Gasteiger partial charge is 0.462 e. The molecule has 0 radical (unpaired) electrons. The van der Waals surface area contributed by atoms with Crippen LogP contribution in [-0.2, 0) is 65.4 Å². The Labute approximate surface area is 632 Å². The van der Waals surface area contributed by atoms with E-state index in [0.717, 1.165) is 108 Å². The van der Waals surface area contributed by atoms with Gasteiger partial charge in [-0.25, -0.2) is 9.13 Å². The van der Waals surface area contributed by atoms with Crippen molar-refractivity contribution in [2.45, 2.75) is 458 Å². The summed E-state index contributed by atoms with van der Waals surface area (Å²) >= 11 is 0. The van der Waals surface area contributed by atoms with E-state index < -0.39 is 97.5 Å². The molecule has 3 N–H and O–H groups in total. The van der Waals surface area contributed by atoms with Crippen LogP contribution in [0.4, 0.5) is 0 Å². The van der Waals surface area contributed by atoms with Gasteiger partial charge in [0.1, 0.15) is 19.3 Å². The van der Waals surface area contributed by atoms with Crippen LogP contribution in [0.5, 0.6) is 0 Å². The molecule has 0 bridgehead atoms. The minimum atomic E-state index is -4.97. The highest BCUT2D eigenvalue weighted by Gasteiger charge is 2.30. The van der Waals surface area contributed by atoms with Crippen LogP contribution in [0.25, 0.3) is 0 Å². The van der Waals surface area contributed by atoms with Crippen molar-refractivity contribution < 1.29 is 80.2 Å². The van der Waals surface area contributed by atoms with Crippen LogP contribution in [0.3, 0.4) is 0 Å². The third kappa shape index (κ3) is 74.0. The van der Waals surface area contributed by atoms with Gasteiger partial charge >= 0.3 is 39.5 Å². The molecule has 0 fully saturated rings. The molecule has 0 rings (SSSR count). The average molecular weight is 1510 g/mol. The molecule has 0 aromatic heterocycles. The molecule has 612 valence electrons. The van der Waals surface area contributed by atoms with E-state index in [1.807, 2.05) is 0 Å². The Morgan fingerprint density at radius 2 is 0.466 bits per heavy atom. The van der Waals surface area contributed by atoms with Crippen LogP contribution < -0.4 is 0 Å². The minimum Gasteiger partial charge on any atom is -0.462 e. The molecule has 0 aliphatic heterocycles. The second-order valence-corrected chi connectivity index (χ2v) is 33.9. The number of hydrogen-bond acceptors (Lipinski definition) is 15. The van der Waals surface area contributed by atoms with Gasteiger partial charge in [0.05, 0.1) is 26.4 Å².